The van der Waals surface area contributed by atoms with Gasteiger partial charge in [0.15, 0.2) is 0 Å². The van der Waals surface area contributed by atoms with Gasteiger partial charge in [-0.15, -0.1) is 0 Å². The number of hydrogen-bond donors (Lipinski definition) is 2. The molecule has 1 heterocycles. The Morgan fingerprint density at radius 2 is 2.14 bits per heavy atom. The van der Waals surface area contributed by atoms with Crippen LogP contribution in [0.4, 0.5) is 11.4 Å². The van der Waals surface area contributed by atoms with E-state index in [1.807, 2.05) is 19.5 Å². The van der Waals surface area contributed by atoms with Crippen molar-refractivity contribution in [2.24, 2.45) is 0 Å². The number of halogens is 1. The molecule has 0 aliphatic carbocycles. The fraction of sp³-hybridized carbons (Fsp3) is 0.400. The summed E-state index contributed by atoms with van der Waals surface area (Å²) in [6, 6.07) is 2.37. The Hall–Kier alpha value is -0.770. The van der Waals surface area contributed by atoms with Gasteiger partial charge in [-0.2, -0.15) is 0 Å². The molecule has 0 aliphatic rings. The molecule has 0 aliphatic heterocycles. The SMILES string of the molecule is C[CH]Nc1cnc(Br)cc1NC(C)C. The molecule has 0 bridgehead atoms. The van der Waals surface area contributed by atoms with Gasteiger partial charge in [0.2, 0.25) is 0 Å². The lowest BCUT2D eigenvalue weighted by molar-refractivity contribution is 0.898. The first-order chi connectivity index (χ1) is 6.63. The van der Waals surface area contributed by atoms with Gasteiger partial charge in [0.05, 0.1) is 17.6 Å². The molecule has 0 spiro atoms. The maximum absolute atomic E-state index is 4.16. The third kappa shape index (κ3) is 3.18. The van der Waals surface area contributed by atoms with Gasteiger partial charge in [-0.05, 0) is 42.8 Å². The van der Waals surface area contributed by atoms with Crippen LogP contribution in [0.3, 0.4) is 0 Å². The van der Waals surface area contributed by atoms with Gasteiger partial charge in [-0.1, -0.05) is 0 Å². The van der Waals surface area contributed by atoms with Gasteiger partial charge in [0.1, 0.15) is 4.60 Å². The van der Waals surface area contributed by atoms with E-state index in [1.165, 1.54) is 0 Å². The van der Waals surface area contributed by atoms with Gasteiger partial charge in [0, 0.05) is 12.6 Å². The highest BCUT2D eigenvalue weighted by Gasteiger charge is 2.04. The second-order valence-electron chi connectivity index (χ2n) is 3.28. The summed E-state index contributed by atoms with van der Waals surface area (Å²) in [6.07, 6.45) is 1.80. The number of pyridine rings is 1. The predicted molar refractivity (Wildman–Crippen MR) is 64.3 cm³/mol. The highest BCUT2D eigenvalue weighted by Crippen LogP contribution is 2.24. The largest absolute Gasteiger partial charge is 0.381 e. The third-order valence-electron chi connectivity index (χ3n) is 1.61. The fourth-order valence-electron chi connectivity index (χ4n) is 1.13. The Kier molecular flexibility index (Phi) is 4.20. The molecule has 1 rings (SSSR count). The fourth-order valence-corrected chi connectivity index (χ4v) is 1.46. The van der Waals surface area contributed by atoms with Crippen LogP contribution < -0.4 is 10.6 Å². The number of nitrogens with zero attached hydrogens (tertiary/aromatic N) is 1. The van der Waals surface area contributed by atoms with Gasteiger partial charge in [-0.3, -0.25) is 0 Å². The molecule has 0 unspecified atom stereocenters. The molecule has 1 radical (unpaired) electrons. The number of rotatable bonds is 4. The van der Waals surface area contributed by atoms with Crippen molar-refractivity contribution in [3.8, 4) is 0 Å². The summed E-state index contributed by atoms with van der Waals surface area (Å²) in [5.74, 6) is 0. The minimum atomic E-state index is 0.404. The maximum atomic E-state index is 4.16. The number of aromatic nitrogens is 1. The van der Waals surface area contributed by atoms with E-state index in [0.29, 0.717) is 6.04 Å². The maximum Gasteiger partial charge on any atom is 0.108 e. The smallest absolute Gasteiger partial charge is 0.108 e. The molecular weight excluding hydrogens is 242 g/mol. The number of hydrogen-bond acceptors (Lipinski definition) is 3. The van der Waals surface area contributed by atoms with Crippen molar-refractivity contribution in [2.75, 3.05) is 10.6 Å². The first-order valence-corrected chi connectivity index (χ1v) is 5.39. The molecule has 1 aromatic rings. The van der Waals surface area contributed by atoms with Crippen LogP contribution in [0.2, 0.25) is 0 Å². The second kappa shape index (κ2) is 5.20. The van der Waals surface area contributed by atoms with Crippen LogP contribution in [-0.2, 0) is 0 Å². The van der Waals surface area contributed by atoms with E-state index < -0.39 is 0 Å². The van der Waals surface area contributed by atoms with Crippen molar-refractivity contribution in [3.63, 3.8) is 0 Å². The molecule has 0 amide bonds. The molecule has 3 nitrogen and oxygen atoms in total. The third-order valence-corrected chi connectivity index (χ3v) is 2.05. The normalized spacial score (nSPS) is 10.4. The molecule has 4 heteroatoms. The highest BCUT2D eigenvalue weighted by atomic mass is 79.9. The summed E-state index contributed by atoms with van der Waals surface area (Å²) >= 11 is 3.35. The zero-order valence-corrected chi connectivity index (χ0v) is 10.2. The van der Waals surface area contributed by atoms with Crippen LogP contribution in [0.15, 0.2) is 16.9 Å². The van der Waals surface area contributed by atoms with Crippen LogP contribution >= 0.6 is 15.9 Å². The summed E-state index contributed by atoms with van der Waals surface area (Å²) in [5.41, 5.74) is 2.05. The molecule has 2 N–H and O–H groups in total. The predicted octanol–water partition coefficient (Wildman–Crippen LogP) is 3.26. The lowest BCUT2D eigenvalue weighted by atomic mass is 10.3. The Balaban J connectivity index is 2.90. The van der Waals surface area contributed by atoms with E-state index in [4.69, 9.17) is 0 Å². The summed E-state index contributed by atoms with van der Waals surface area (Å²) in [7, 11) is 0. The van der Waals surface area contributed by atoms with E-state index in [-0.39, 0.29) is 0 Å². The monoisotopic (exact) mass is 256 g/mol. The first kappa shape index (κ1) is 11.3. The highest BCUT2D eigenvalue weighted by molar-refractivity contribution is 9.10. The standard InChI is InChI=1S/C10H15BrN3/c1-4-12-9-6-13-10(11)5-8(9)14-7(2)3/h4-7,12H,1-3H3,(H,13,14). The topological polar surface area (TPSA) is 37.0 Å². The lowest BCUT2D eigenvalue weighted by Gasteiger charge is -2.15. The van der Waals surface area contributed by atoms with E-state index in [2.05, 4.69) is 45.4 Å². The molecule has 0 fully saturated rings. The van der Waals surface area contributed by atoms with Crippen molar-refractivity contribution in [2.45, 2.75) is 26.8 Å². The van der Waals surface area contributed by atoms with Gasteiger partial charge in [-0.25, -0.2) is 4.98 Å². The summed E-state index contributed by atoms with van der Waals surface area (Å²) in [4.78, 5) is 4.16. The lowest BCUT2D eigenvalue weighted by Crippen LogP contribution is -2.11. The summed E-state index contributed by atoms with van der Waals surface area (Å²) in [5, 5.41) is 6.48. The molecule has 0 atom stereocenters. The van der Waals surface area contributed by atoms with Crippen LogP contribution in [0, 0.1) is 6.54 Å². The average Bonchev–Trinajstić information content (AvgIpc) is 2.09. The van der Waals surface area contributed by atoms with Crippen LogP contribution in [0.1, 0.15) is 20.8 Å². The molecule has 0 saturated heterocycles. The van der Waals surface area contributed by atoms with E-state index in [1.54, 1.807) is 6.20 Å². The van der Waals surface area contributed by atoms with Gasteiger partial charge in [0.25, 0.3) is 0 Å². The van der Waals surface area contributed by atoms with E-state index >= 15 is 0 Å². The Morgan fingerprint density at radius 1 is 1.43 bits per heavy atom. The number of nitrogens with one attached hydrogen (secondary N) is 2. The summed E-state index contributed by atoms with van der Waals surface area (Å²) in [6.45, 7) is 8.04. The van der Waals surface area contributed by atoms with E-state index in [9.17, 15) is 0 Å². The van der Waals surface area contributed by atoms with Crippen molar-refractivity contribution in [3.05, 3.63) is 23.4 Å². The minimum Gasteiger partial charge on any atom is -0.381 e. The Morgan fingerprint density at radius 3 is 2.71 bits per heavy atom. The zero-order valence-electron chi connectivity index (χ0n) is 8.63. The second-order valence-corrected chi connectivity index (χ2v) is 4.10. The van der Waals surface area contributed by atoms with Crippen molar-refractivity contribution in [1.82, 2.24) is 4.98 Å². The molecule has 1 aromatic heterocycles. The van der Waals surface area contributed by atoms with Gasteiger partial charge < -0.3 is 10.6 Å². The van der Waals surface area contributed by atoms with E-state index in [0.717, 1.165) is 16.0 Å². The van der Waals surface area contributed by atoms with Crippen LogP contribution in [0.25, 0.3) is 0 Å². The van der Waals surface area contributed by atoms with Crippen LogP contribution in [-0.4, -0.2) is 11.0 Å². The Labute approximate surface area is 93.4 Å². The van der Waals surface area contributed by atoms with Crippen molar-refractivity contribution in [1.29, 1.82) is 0 Å². The molecule has 0 aromatic carbocycles. The minimum absolute atomic E-state index is 0.404. The average molecular weight is 257 g/mol. The van der Waals surface area contributed by atoms with Gasteiger partial charge >= 0.3 is 0 Å². The molecule has 77 valence electrons. The number of anilines is 2. The summed E-state index contributed by atoms with van der Waals surface area (Å²) < 4.78 is 0.835. The molecule has 0 saturated carbocycles. The first-order valence-electron chi connectivity index (χ1n) is 4.60. The molecule has 14 heavy (non-hydrogen) atoms. The van der Waals surface area contributed by atoms with Crippen LogP contribution in [0.5, 0.6) is 0 Å². The zero-order chi connectivity index (χ0) is 10.6. The van der Waals surface area contributed by atoms with Crippen molar-refractivity contribution >= 4 is 27.3 Å². The quantitative estimate of drug-likeness (QED) is 0.813. The molecular formula is C10H15BrN3. The Bertz CT molecular complexity index is 299. The van der Waals surface area contributed by atoms with Crippen molar-refractivity contribution < 1.29 is 0 Å².